The van der Waals surface area contributed by atoms with Crippen molar-refractivity contribution < 1.29 is 20.1 Å². The van der Waals surface area contributed by atoms with Gasteiger partial charge in [0.05, 0.1) is 17.8 Å². The van der Waals surface area contributed by atoms with Gasteiger partial charge in [0.1, 0.15) is 0 Å². The van der Waals surface area contributed by atoms with E-state index in [1.165, 1.54) is 18.4 Å². The van der Waals surface area contributed by atoms with Gasteiger partial charge < -0.3 is 15.3 Å². The van der Waals surface area contributed by atoms with Crippen molar-refractivity contribution in [3.63, 3.8) is 0 Å². The fourth-order valence-electron chi connectivity index (χ4n) is 7.60. The molecule has 3 saturated carbocycles. The van der Waals surface area contributed by atoms with E-state index >= 15 is 0 Å². The molecule has 0 aromatic rings. The van der Waals surface area contributed by atoms with Crippen LogP contribution < -0.4 is 0 Å². The predicted molar refractivity (Wildman–Crippen MR) is 164 cm³/mol. The molecule has 0 heterocycles. The summed E-state index contributed by atoms with van der Waals surface area (Å²) in [5.74, 6) is 1.32. The smallest absolute Gasteiger partial charge is 0.163 e. The monoisotopic (exact) mass is 561 g/mol. The van der Waals surface area contributed by atoms with Gasteiger partial charge in [0.25, 0.3) is 0 Å². The standard InChI is InChI=1S/C31H51NO5.C3H8/c1-29(2,36)16-6-8-23(12-15-28(35)30(3,4)32-37)27-14-13-26-22(9-7-17-31(26,27)5)11-10-21-18-24(33)20-25(34)19-21;1-3-2/h10-11,23-27,33-34,36H,6-9,12-20H2,1-5H3;3H2,1-2H3/b22-11+;/t23-,24+,25+,26-,27+,31-;/m0./s1. The topological polar surface area (TPSA) is 107 Å². The Bertz CT molecular complexity index is 873. The average molecular weight is 562 g/mol. The fraction of sp³-hybridized carbons (Fsp3) is 0.853. The van der Waals surface area contributed by atoms with Crippen LogP contribution in [0.3, 0.4) is 0 Å². The van der Waals surface area contributed by atoms with Crippen LogP contribution in [0.25, 0.3) is 0 Å². The third kappa shape index (κ3) is 9.87. The summed E-state index contributed by atoms with van der Waals surface area (Å²) in [7, 11) is 0. The van der Waals surface area contributed by atoms with Crippen LogP contribution in [0.5, 0.6) is 0 Å². The van der Waals surface area contributed by atoms with Crippen molar-refractivity contribution in [3.05, 3.63) is 28.2 Å². The Morgan fingerprint density at radius 3 is 2.27 bits per heavy atom. The molecule has 6 nitrogen and oxygen atoms in total. The first-order chi connectivity index (χ1) is 18.7. The van der Waals surface area contributed by atoms with Gasteiger partial charge in [-0.3, -0.25) is 4.79 Å². The number of rotatable bonds is 11. The second-order valence-electron chi connectivity index (χ2n) is 14.4. The maximum absolute atomic E-state index is 12.8. The van der Waals surface area contributed by atoms with Crippen LogP contribution in [-0.4, -0.2) is 44.5 Å². The van der Waals surface area contributed by atoms with E-state index in [0.717, 1.165) is 56.9 Å². The van der Waals surface area contributed by atoms with Gasteiger partial charge in [-0.25, -0.2) is 0 Å². The van der Waals surface area contributed by atoms with E-state index in [4.69, 9.17) is 0 Å². The van der Waals surface area contributed by atoms with Crippen LogP contribution >= 0.6 is 0 Å². The number of nitrogens with zero attached hydrogens (tertiary/aromatic N) is 1. The maximum Gasteiger partial charge on any atom is 0.163 e. The Morgan fingerprint density at radius 1 is 1.07 bits per heavy atom. The van der Waals surface area contributed by atoms with Crippen molar-refractivity contribution in [3.8, 4) is 0 Å². The number of ketones is 1. The van der Waals surface area contributed by atoms with E-state index in [0.29, 0.717) is 43.4 Å². The lowest BCUT2D eigenvalue weighted by Gasteiger charge is -2.45. The molecule has 3 N–H and O–H groups in total. The van der Waals surface area contributed by atoms with Crippen molar-refractivity contribution in [1.82, 2.24) is 0 Å². The maximum atomic E-state index is 12.8. The summed E-state index contributed by atoms with van der Waals surface area (Å²) in [4.78, 5) is 24.0. The Balaban J connectivity index is 0.00000178. The van der Waals surface area contributed by atoms with E-state index in [-0.39, 0.29) is 11.2 Å². The molecule has 3 rings (SSSR count). The summed E-state index contributed by atoms with van der Waals surface area (Å²) in [5.41, 5.74) is 0.940. The minimum absolute atomic E-state index is 0.0811. The number of aliphatic hydroxyl groups excluding tert-OH is 2. The largest absolute Gasteiger partial charge is 0.393 e. The van der Waals surface area contributed by atoms with Crippen molar-refractivity contribution in [2.24, 2.45) is 28.3 Å². The highest BCUT2D eigenvalue weighted by Crippen LogP contribution is 2.60. The van der Waals surface area contributed by atoms with Gasteiger partial charge in [-0.2, -0.15) is 0 Å². The quantitative estimate of drug-likeness (QED) is 0.223. The summed E-state index contributed by atoms with van der Waals surface area (Å²) >= 11 is 0. The predicted octanol–water partition coefficient (Wildman–Crippen LogP) is 7.83. The molecular weight excluding hydrogens is 502 g/mol. The molecule has 6 atom stereocenters. The normalized spacial score (nSPS) is 30.8. The Morgan fingerprint density at radius 2 is 1.70 bits per heavy atom. The lowest BCUT2D eigenvalue weighted by Crippen LogP contribution is -2.37. The molecule has 0 amide bonds. The van der Waals surface area contributed by atoms with Crippen LogP contribution in [-0.2, 0) is 4.79 Å². The molecule has 0 bridgehead atoms. The highest BCUT2D eigenvalue weighted by Gasteiger charge is 2.51. The summed E-state index contributed by atoms with van der Waals surface area (Å²) in [5, 5.41) is 33.5. The van der Waals surface area contributed by atoms with Gasteiger partial charge in [-0.05, 0) is 115 Å². The van der Waals surface area contributed by atoms with E-state index in [9.17, 15) is 25.0 Å². The van der Waals surface area contributed by atoms with Crippen molar-refractivity contribution in [2.75, 3.05) is 0 Å². The molecule has 6 heteroatoms. The van der Waals surface area contributed by atoms with E-state index < -0.39 is 23.3 Å². The zero-order valence-corrected chi connectivity index (χ0v) is 26.5. The number of Topliss-reactive ketones (excluding diaryl/α,β-unsaturated/α-hetero) is 1. The van der Waals surface area contributed by atoms with Crippen molar-refractivity contribution >= 4 is 5.78 Å². The Hall–Kier alpha value is -1.37. The van der Waals surface area contributed by atoms with Gasteiger partial charge >= 0.3 is 0 Å². The van der Waals surface area contributed by atoms with Gasteiger partial charge in [-0.1, -0.05) is 68.5 Å². The third-order valence-corrected chi connectivity index (χ3v) is 9.70. The fourth-order valence-corrected chi connectivity index (χ4v) is 7.60. The number of carbonyl (C=O) groups is 1. The molecule has 3 fully saturated rings. The van der Waals surface area contributed by atoms with Gasteiger partial charge in [0.15, 0.2) is 11.3 Å². The Kier molecular flexibility index (Phi) is 13.2. The highest BCUT2D eigenvalue weighted by molar-refractivity contribution is 5.87. The van der Waals surface area contributed by atoms with Crippen molar-refractivity contribution in [2.45, 2.75) is 162 Å². The molecule has 0 unspecified atom stereocenters. The van der Waals surface area contributed by atoms with Gasteiger partial charge in [0.2, 0.25) is 0 Å². The van der Waals surface area contributed by atoms with Crippen LogP contribution in [0.15, 0.2) is 28.5 Å². The number of nitroso groups, excluding NO2 is 1. The molecule has 40 heavy (non-hydrogen) atoms. The number of aliphatic hydroxyl groups is 3. The van der Waals surface area contributed by atoms with Crippen molar-refractivity contribution in [1.29, 1.82) is 0 Å². The number of fused-ring (bicyclic) bond motifs is 1. The molecule has 3 aliphatic rings. The molecule has 0 spiro atoms. The minimum Gasteiger partial charge on any atom is -0.393 e. The average Bonchev–Trinajstić information content (AvgIpc) is 3.21. The van der Waals surface area contributed by atoms with E-state index in [1.54, 1.807) is 13.8 Å². The molecule has 0 aromatic carbocycles. The molecule has 0 aromatic heterocycles. The molecule has 0 saturated heterocycles. The summed E-state index contributed by atoms with van der Waals surface area (Å²) in [6, 6.07) is 0. The first-order valence-corrected chi connectivity index (χ1v) is 16.0. The first-order valence-electron chi connectivity index (χ1n) is 16.0. The molecule has 0 aliphatic heterocycles. The Labute approximate surface area is 244 Å². The highest BCUT2D eigenvalue weighted by atomic mass is 16.3. The summed E-state index contributed by atoms with van der Waals surface area (Å²) < 4.78 is 0. The number of hydrogen-bond donors (Lipinski definition) is 3. The lowest BCUT2D eigenvalue weighted by atomic mass is 9.60. The van der Waals surface area contributed by atoms with Crippen LogP contribution in [0.2, 0.25) is 0 Å². The second kappa shape index (κ2) is 15.2. The first kappa shape index (κ1) is 34.8. The van der Waals surface area contributed by atoms with E-state index in [1.807, 2.05) is 13.8 Å². The third-order valence-electron chi connectivity index (χ3n) is 9.70. The van der Waals surface area contributed by atoms with Gasteiger partial charge in [0, 0.05) is 6.42 Å². The lowest BCUT2D eigenvalue weighted by molar-refractivity contribution is -0.123. The van der Waals surface area contributed by atoms with Gasteiger partial charge in [-0.15, -0.1) is 4.91 Å². The van der Waals surface area contributed by atoms with Crippen LogP contribution in [0.1, 0.15) is 138 Å². The van der Waals surface area contributed by atoms with Crippen LogP contribution in [0, 0.1) is 28.1 Å². The summed E-state index contributed by atoms with van der Waals surface area (Å²) in [6.45, 7) is 13.6. The molecule has 3 aliphatic carbocycles. The number of hydrogen-bond acceptors (Lipinski definition) is 6. The van der Waals surface area contributed by atoms with Crippen LogP contribution in [0.4, 0.5) is 0 Å². The number of allylic oxidation sites excluding steroid dienone is 3. The SMILES string of the molecule is CC(C)(O)CCC[C@@H](CCC(=O)C(C)(C)N=O)[C@H]1CC[C@H]2/C(=C/C=C3C[C@@H](O)C[C@H](O)C3)CCC[C@]12C.CCC. The molecular formula is C34H59NO5. The molecule has 230 valence electrons. The van der Waals surface area contributed by atoms with E-state index in [2.05, 4.69) is 38.1 Å². The minimum atomic E-state index is -1.17. The second-order valence-corrected chi connectivity index (χ2v) is 14.4. The molecule has 0 radical (unpaired) electrons. The summed E-state index contributed by atoms with van der Waals surface area (Å²) in [6.07, 6.45) is 16.1. The number of carbonyl (C=O) groups excluding carboxylic acids is 1. The zero-order valence-electron chi connectivity index (χ0n) is 26.5. The zero-order chi connectivity index (χ0) is 30.1.